The number of nitrogens with zero attached hydrogens (tertiary/aromatic N) is 1. The van der Waals surface area contributed by atoms with Gasteiger partial charge in [0, 0.05) is 17.4 Å². The van der Waals surface area contributed by atoms with Crippen LogP contribution in [-0.4, -0.2) is 4.98 Å². The van der Waals surface area contributed by atoms with E-state index in [1.54, 1.807) is 6.07 Å². The van der Waals surface area contributed by atoms with Crippen LogP contribution in [0.3, 0.4) is 0 Å². The van der Waals surface area contributed by atoms with Gasteiger partial charge < -0.3 is 10.3 Å². The molecule has 0 amide bonds. The molecule has 106 valence electrons. The van der Waals surface area contributed by atoms with E-state index in [4.69, 9.17) is 5.26 Å². The molecule has 0 bridgehead atoms. The molecule has 0 saturated heterocycles. The van der Waals surface area contributed by atoms with Crippen LogP contribution in [0.25, 0.3) is 0 Å². The molecule has 1 aromatic heterocycles. The summed E-state index contributed by atoms with van der Waals surface area (Å²) in [5.74, 6) is 0. The molecule has 0 radical (unpaired) electrons. The van der Waals surface area contributed by atoms with Gasteiger partial charge >= 0.3 is 0 Å². The molecule has 1 unspecified atom stereocenters. The van der Waals surface area contributed by atoms with Crippen LogP contribution in [0.4, 0.5) is 5.69 Å². The van der Waals surface area contributed by atoms with Crippen molar-refractivity contribution in [3.63, 3.8) is 0 Å². The van der Waals surface area contributed by atoms with Gasteiger partial charge in [0.05, 0.1) is 17.7 Å². The van der Waals surface area contributed by atoms with Gasteiger partial charge in [-0.2, -0.15) is 5.26 Å². The topological polar surface area (TPSA) is 68.7 Å². The van der Waals surface area contributed by atoms with Crippen LogP contribution < -0.4 is 10.9 Å². The van der Waals surface area contributed by atoms with Crippen molar-refractivity contribution in [2.45, 2.75) is 32.2 Å². The second-order valence-electron chi connectivity index (χ2n) is 5.49. The first kappa shape index (κ1) is 13.4. The van der Waals surface area contributed by atoms with Crippen LogP contribution in [0, 0.1) is 18.3 Å². The Morgan fingerprint density at radius 2 is 2.19 bits per heavy atom. The lowest BCUT2D eigenvalue weighted by molar-refractivity contribution is 0.586. The molecule has 2 N–H and O–H groups in total. The van der Waals surface area contributed by atoms with Gasteiger partial charge in [-0.3, -0.25) is 4.79 Å². The molecule has 1 aromatic carbocycles. The van der Waals surface area contributed by atoms with Crippen LogP contribution >= 0.6 is 0 Å². The number of rotatable bonds is 2. The lowest BCUT2D eigenvalue weighted by Gasteiger charge is -2.27. The summed E-state index contributed by atoms with van der Waals surface area (Å²) >= 11 is 0. The third-order valence-electron chi connectivity index (χ3n) is 4.03. The van der Waals surface area contributed by atoms with Crippen molar-refractivity contribution in [1.82, 2.24) is 4.98 Å². The molecule has 3 rings (SSSR count). The zero-order valence-electron chi connectivity index (χ0n) is 11.9. The molecule has 0 spiro atoms. The lowest BCUT2D eigenvalue weighted by atomic mass is 9.91. The minimum absolute atomic E-state index is 0.0444. The molecule has 1 aliphatic carbocycles. The Morgan fingerprint density at radius 3 is 3.00 bits per heavy atom. The first-order chi connectivity index (χ1) is 10.2. The predicted molar refractivity (Wildman–Crippen MR) is 82.3 cm³/mol. The van der Waals surface area contributed by atoms with Crippen molar-refractivity contribution in [3.05, 3.63) is 63.1 Å². The predicted octanol–water partition coefficient (Wildman–Crippen LogP) is 3.04. The van der Waals surface area contributed by atoms with E-state index in [1.807, 2.05) is 31.2 Å². The van der Waals surface area contributed by atoms with Crippen molar-refractivity contribution in [2.24, 2.45) is 0 Å². The van der Waals surface area contributed by atoms with Crippen LogP contribution in [0.15, 0.2) is 35.1 Å². The fourth-order valence-electron chi connectivity index (χ4n) is 2.89. The first-order valence-electron chi connectivity index (χ1n) is 7.17. The molecule has 0 fully saturated rings. The fraction of sp³-hybridized carbons (Fsp3) is 0.294. The maximum absolute atomic E-state index is 11.4. The van der Waals surface area contributed by atoms with E-state index in [0.717, 1.165) is 41.8 Å². The maximum atomic E-state index is 11.4. The summed E-state index contributed by atoms with van der Waals surface area (Å²) in [7, 11) is 0. The smallest absolute Gasteiger partial charge is 0.248 e. The molecule has 0 saturated carbocycles. The van der Waals surface area contributed by atoms with Gasteiger partial charge in [-0.25, -0.2) is 0 Å². The van der Waals surface area contributed by atoms with Crippen molar-refractivity contribution in [3.8, 4) is 6.07 Å². The van der Waals surface area contributed by atoms with Gasteiger partial charge in [0.2, 0.25) is 5.56 Å². The monoisotopic (exact) mass is 279 g/mol. The Labute approximate surface area is 123 Å². The molecule has 1 atom stereocenters. The Kier molecular flexibility index (Phi) is 3.49. The summed E-state index contributed by atoms with van der Waals surface area (Å²) in [4.78, 5) is 14.4. The van der Waals surface area contributed by atoms with E-state index >= 15 is 0 Å². The molecule has 4 heteroatoms. The van der Waals surface area contributed by atoms with E-state index in [1.165, 1.54) is 0 Å². The molecular weight excluding hydrogens is 262 g/mol. The molecular formula is C17H17N3O. The number of anilines is 1. The maximum Gasteiger partial charge on any atom is 0.248 e. The second-order valence-corrected chi connectivity index (χ2v) is 5.49. The highest BCUT2D eigenvalue weighted by molar-refractivity contribution is 5.56. The van der Waals surface area contributed by atoms with Crippen LogP contribution in [0.2, 0.25) is 0 Å². The van der Waals surface area contributed by atoms with E-state index in [-0.39, 0.29) is 11.6 Å². The number of nitrogens with one attached hydrogen (secondary N) is 2. The van der Waals surface area contributed by atoms with Gasteiger partial charge in [0.1, 0.15) is 0 Å². The zero-order chi connectivity index (χ0) is 14.8. The molecule has 1 aliphatic rings. The number of aryl methyl sites for hydroxylation is 2. The Hall–Kier alpha value is -2.54. The van der Waals surface area contributed by atoms with E-state index < -0.39 is 0 Å². The quantitative estimate of drug-likeness (QED) is 0.887. The van der Waals surface area contributed by atoms with Gasteiger partial charge in [0.15, 0.2) is 0 Å². The second kappa shape index (κ2) is 5.45. The molecule has 0 aliphatic heterocycles. The van der Waals surface area contributed by atoms with Gasteiger partial charge in [-0.15, -0.1) is 0 Å². The van der Waals surface area contributed by atoms with E-state index in [9.17, 15) is 4.79 Å². The summed E-state index contributed by atoms with van der Waals surface area (Å²) in [5, 5.41) is 12.6. The Balaban J connectivity index is 1.94. The summed E-state index contributed by atoms with van der Waals surface area (Å²) in [6.45, 7) is 2.03. The van der Waals surface area contributed by atoms with Crippen LogP contribution in [0.1, 0.15) is 41.3 Å². The fourth-order valence-corrected chi connectivity index (χ4v) is 2.89. The average Bonchev–Trinajstić information content (AvgIpc) is 2.49. The van der Waals surface area contributed by atoms with Crippen LogP contribution in [-0.2, 0) is 6.42 Å². The van der Waals surface area contributed by atoms with Gasteiger partial charge in [-0.1, -0.05) is 6.07 Å². The number of pyridine rings is 1. The number of hydrogen-bond donors (Lipinski definition) is 2. The molecule has 1 heterocycles. The lowest BCUT2D eigenvalue weighted by Crippen LogP contribution is -2.21. The number of H-pyrrole nitrogens is 1. The molecule has 21 heavy (non-hydrogen) atoms. The summed E-state index contributed by atoms with van der Waals surface area (Å²) < 4.78 is 0. The van der Waals surface area contributed by atoms with Crippen molar-refractivity contribution in [1.29, 1.82) is 5.26 Å². The SMILES string of the molecule is Cc1ccc(C#N)cc1NC1CCCc2[nH]c(=O)ccc21. The molecule has 2 aromatic rings. The minimum Gasteiger partial charge on any atom is -0.378 e. The highest BCUT2D eigenvalue weighted by atomic mass is 16.1. The van der Waals surface area contributed by atoms with Gasteiger partial charge in [0.25, 0.3) is 0 Å². The van der Waals surface area contributed by atoms with E-state index in [0.29, 0.717) is 5.56 Å². The summed E-state index contributed by atoms with van der Waals surface area (Å²) in [5.41, 5.74) is 4.89. The third kappa shape index (κ3) is 2.68. The normalized spacial score (nSPS) is 16.9. The number of aromatic amines is 1. The highest BCUT2D eigenvalue weighted by Crippen LogP contribution is 2.32. The average molecular weight is 279 g/mol. The van der Waals surface area contributed by atoms with Gasteiger partial charge in [-0.05, 0) is 55.5 Å². The van der Waals surface area contributed by atoms with Crippen LogP contribution in [0.5, 0.6) is 0 Å². The van der Waals surface area contributed by atoms with Crippen molar-refractivity contribution < 1.29 is 0 Å². The van der Waals surface area contributed by atoms with Crippen molar-refractivity contribution >= 4 is 5.69 Å². The number of aromatic nitrogens is 1. The minimum atomic E-state index is -0.0444. The standard InChI is InChI=1S/C17H17N3O/c1-11-5-6-12(10-18)9-16(11)19-14-3-2-4-15-13(14)7-8-17(21)20-15/h5-9,14,19H,2-4H2,1H3,(H,20,21). The number of fused-ring (bicyclic) bond motifs is 1. The summed E-state index contributed by atoms with van der Waals surface area (Å²) in [6, 6.07) is 11.5. The Bertz CT molecular complexity index is 770. The van der Waals surface area contributed by atoms with Crippen molar-refractivity contribution in [2.75, 3.05) is 5.32 Å². The summed E-state index contributed by atoms with van der Waals surface area (Å²) in [6.07, 6.45) is 2.98. The number of benzene rings is 1. The highest BCUT2D eigenvalue weighted by Gasteiger charge is 2.21. The number of nitriles is 1. The Morgan fingerprint density at radius 1 is 1.33 bits per heavy atom. The number of hydrogen-bond acceptors (Lipinski definition) is 3. The largest absolute Gasteiger partial charge is 0.378 e. The zero-order valence-corrected chi connectivity index (χ0v) is 11.9. The first-order valence-corrected chi connectivity index (χ1v) is 7.17. The van der Waals surface area contributed by atoms with E-state index in [2.05, 4.69) is 16.4 Å². The third-order valence-corrected chi connectivity index (χ3v) is 4.03. The molecule has 4 nitrogen and oxygen atoms in total.